The second-order valence-corrected chi connectivity index (χ2v) is 3.28. The minimum atomic E-state index is -0.167. The van der Waals surface area contributed by atoms with Crippen LogP contribution in [0, 0.1) is 0 Å². The molecule has 13 heavy (non-hydrogen) atoms. The van der Waals surface area contributed by atoms with E-state index in [0.717, 1.165) is 0 Å². The summed E-state index contributed by atoms with van der Waals surface area (Å²) >= 11 is 0. The van der Waals surface area contributed by atoms with Gasteiger partial charge in [-0.05, 0) is 41.5 Å². The number of aliphatic hydroxyl groups is 3. The van der Waals surface area contributed by atoms with Crippen molar-refractivity contribution in [2.24, 2.45) is 0 Å². The van der Waals surface area contributed by atoms with Crippen molar-refractivity contribution in [3.05, 3.63) is 0 Å². The van der Waals surface area contributed by atoms with Crippen LogP contribution >= 0.6 is 0 Å². The van der Waals surface area contributed by atoms with E-state index in [1.54, 1.807) is 41.5 Å². The molecule has 0 amide bonds. The van der Waals surface area contributed by atoms with Crippen LogP contribution in [0.3, 0.4) is 0 Å². The van der Waals surface area contributed by atoms with Crippen molar-refractivity contribution in [1.29, 1.82) is 0 Å². The molecule has 0 aromatic rings. The van der Waals surface area contributed by atoms with E-state index < -0.39 is 0 Å². The fourth-order valence-electron chi connectivity index (χ4n) is 0. The maximum absolute atomic E-state index is 8.06. The van der Waals surface area contributed by atoms with E-state index in [4.69, 9.17) is 15.3 Å². The van der Waals surface area contributed by atoms with Crippen molar-refractivity contribution in [2.75, 3.05) is 0 Å². The van der Waals surface area contributed by atoms with Crippen LogP contribution in [0.15, 0.2) is 0 Å². The Morgan fingerprint density at radius 2 is 0.538 bits per heavy atom. The van der Waals surface area contributed by atoms with Gasteiger partial charge < -0.3 is 15.3 Å². The zero-order chi connectivity index (χ0) is 10.7. The molecule has 0 aliphatic carbocycles. The average Bonchev–Trinajstić information content (AvgIpc) is 1.54. The predicted molar refractivity (Wildman–Crippen MR) is 52.1 cm³/mol. The van der Waals surface area contributed by atoms with Gasteiger partial charge in [0, 0.05) is 40.7 Å². The molecule has 0 aromatic carbocycles. The molecule has 0 saturated heterocycles. The molecular formula is C9H24NbO3. The Morgan fingerprint density at radius 1 is 0.538 bits per heavy atom. The van der Waals surface area contributed by atoms with Gasteiger partial charge in [0.15, 0.2) is 0 Å². The van der Waals surface area contributed by atoms with Crippen molar-refractivity contribution in [2.45, 2.75) is 59.9 Å². The third kappa shape index (κ3) is 3700. The summed E-state index contributed by atoms with van der Waals surface area (Å²) in [4.78, 5) is 0. The molecule has 0 bridgehead atoms. The summed E-state index contributed by atoms with van der Waals surface area (Å²) in [6.07, 6.45) is -0.500. The maximum atomic E-state index is 8.06. The second kappa shape index (κ2) is 18.4. The molecule has 1 radical (unpaired) electrons. The van der Waals surface area contributed by atoms with E-state index in [-0.39, 0.29) is 40.7 Å². The van der Waals surface area contributed by atoms with Crippen molar-refractivity contribution in [1.82, 2.24) is 0 Å². The van der Waals surface area contributed by atoms with E-state index in [9.17, 15) is 0 Å². The number of hydrogen-bond acceptors (Lipinski definition) is 3. The predicted octanol–water partition coefficient (Wildman–Crippen LogP) is 1.16. The zero-order valence-electron chi connectivity index (χ0n) is 9.52. The monoisotopic (exact) mass is 273 g/mol. The normalized spacial score (nSPS) is 8.31. The fraction of sp³-hybridized carbons (Fsp3) is 1.00. The molecule has 3 N–H and O–H groups in total. The van der Waals surface area contributed by atoms with Gasteiger partial charge in [0.1, 0.15) is 0 Å². The van der Waals surface area contributed by atoms with Crippen LogP contribution < -0.4 is 0 Å². The van der Waals surface area contributed by atoms with Crippen LogP contribution in [0.5, 0.6) is 0 Å². The quantitative estimate of drug-likeness (QED) is 0.580. The maximum Gasteiger partial charge on any atom is 0.0483 e. The third-order valence-electron chi connectivity index (χ3n) is 0. The Hall–Kier alpha value is 0.620. The fourth-order valence-corrected chi connectivity index (χ4v) is 0. The molecule has 0 aliphatic heterocycles. The summed E-state index contributed by atoms with van der Waals surface area (Å²) in [6, 6.07) is 0. The molecule has 0 saturated carbocycles. The number of aliphatic hydroxyl groups excluding tert-OH is 3. The van der Waals surface area contributed by atoms with Crippen LogP contribution in [0.25, 0.3) is 0 Å². The molecular weight excluding hydrogens is 249 g/mol. The largest absolute Gasteiger partial charge is 0.394 e. The third-order valence-corrected chi connectivity index (χ3v) is 0. The van der Waals surface area contributed by atoms with Crippen LogP contribution in [-0.2, 0) is 22.4 Å². The van der Waals surface area contributed by atoms with Gasteiger partial charge in [0.25, 0.3) is 0 Å². The van der Waals surface area contributed by atoms with Gasteiger partial charge in [-0.1, -0.05) is 0 Å². The van der Waals surface area contributed by atoms with Gasteiger partial charge in [0.2, 0.25) is 0 Å². The minimum absolute atomic E-state index is 0. The topological polar surface area (TPSA) is 60.7 Å². The van der Waals surface area contributed by atoms with Gasteiger partial charge in [-0.3, -0.25) is 0 Å². The zero-order valence-corrected chi connectivity index (χ0v) is 11.7. The first kappa shape index (κ1) is 23.4. The molecule has 0 atom stereocenters. The second-order valence-electron chi connectivity index (χ2n) is 3.28. The van der Waals surface area contributed by atoms with Crippen LogP contribution in [-0.4, -0.2) is 33.6 Å². The summed E-state index contributed by atoms with van der Waals surface area (Å²) < 4.78 is 0. The Kier molecular flexibility index (Phi) is 33.2. The minimum Gasteiger partial charge on any atom is -0.394 e. The standard InChI is InChI=1S/3C3H8O.Nb/c3*1-3(2)4;/h3*3-4H,1-2H3;. The molecule has 4 heteroatoms. The smallest absolute Gasteiger partial charge is 0.0483 e. The summed E-state index contributed by atoms with van der Waals surface area (Å²) in [5.74, 6) is 0. The average molecular weight is 273 g/mol. The molecule has 0 aliphatic rings. The van der Waals surface area contributed by atoms with Crippen LogP contribution in [0.2, 0.25) is 0 Å². The Morgan fingerprint density at radius 3 is 0.538 bits per heavy atom. The Bertz CT molecular complexity index is 43.4. The molecule has 83 valence electrons. The molecule has 0 aromatic heterocycles. The van der Waals surface area contributed by atoms with E-state index >= 15 is 0 Å². The molecule has 0 heterocycles. The van der Waals surface area contributed by atoms with Crippen LogP contribution in [0.1, 0.15) is 41.5 Å². The van der Waals surface area contributed by atoms with Gasteiger partial charge in [-0.2, -0.15) is 0 Å². The van der Waals surface area contributed by atoms with E-state index in [0.29, 0.717) is 0 Å². The first-order valence-corrected chi connectivity index (χ1v) is 4.24. The van der Waals surface area contributed by atoms with E-state index in [1.807, 2.05) is 0 Å². The Labute approximate surface area is 97.7 Å². The van der Waals surface area contributed by atoms with Gasteiger partial charge >= 0.3 is 0 Å². The number of rotatable bonds is 0. The van der Waals surface area contributed by atoms with E-state index in [2.05, 4.69) is 0 Å². The van der Waals surface area contributed by atoms with Gasteiger partial charge in [0.05, 0.1) is 0 Å². The van der Waals surface area contributed by atoms with Crippen LogP contribution in [0.4, 0.5) is 0 Å². The first-order valence-electron chi connectivity index (χ1n) is 4.24. The van der Waals surface area contributed by atoms with Crippen molar-refractivity contribution in [3.63, 3.8) is 0 Å². The Balaban J connectivity index is -0.0000000450. The first-order chi connectivity index (χ1) is 5.20. The van der Waals surface area contributed by atoms with Gasteiger partial charge in [-0.25, -0.2) is 0 Å². The summed E-state index contributed by atoms with van der Waals surface area (Å²) in [5, 5.41) is 24.2. The summed E-state index contributed by atoms with van der Waals surface area (Å²) in [5.41, 5.74) is 0. The molecule has 0 fully saturated rings. The van der Waals surface area contributed by atoms with Crippen molar-refractivity contribution in [3.8, 4) is 0 Å². The van der Waals surface area contributed by atoms with Crippen molar-refractivity contribution >= 4 is 0 Å². The molecule has 0 rings (SSSR count). The molecule has 0 unspecified atom stereocenters. The van der Waals surface area contributed by atoms with Gasteiger partial charge in [-0.15, -0.1) is 0 Å². The summed E-state index contributed by atoms with van der Waals surface area (Å²) in [7, 11) is 0. The molecule has 0 spiro atoms. The molecule has 3 nitrogen and oxygen atoms in total. The van der Waals surface area contributed by atoms with E-state index in [1.165, 1.54) is 0 Å². The summed E-state index contributed by atoms with van der Waals surface area (Å²) in [6.45, 7) is 10.3. The van der Waals surface area contributed by atoms with Crippen molar-refractivity contribution < 1.29 is 37.7 Å². The number of hydrogen-bond donors (Lipinski definition) is 3. The SMILES string of the molecule is CC(C)O.CC(C)O.CC(C)O.[Nb].